The van der Waals surface area contributed by atoms with Gasteiger partial charge in [0.1, 0.15) is 13.1 Å². The molecule has 0 aromatic heterocycles. The lowest BCUT2D eigenvalue weighted by atomic mass is 10.3. The summed E-state index contributed by atoms with van der Waals surface area (Å²) in [6, 6.07) is 0. The molecule has 0 aliphatic carbocycles. The second kappa shape index (κ2) is 8.89. The number of carbonyl (C=O) groups is 1. The molecule has 0 amide bonds. The molecule has 0 radical (unpaired) electrons. The van der Waals surface area contributed by atoms with Crippen LogP contribution in [0, 0.1) is 0 Å². The fourth-order valence-electron chi connectivity index (χ4n) is 1.53. The van der Waals surface area contributed by atoms with Crippen LogP contribution in [0.3, 0.4) is 0 Å². The number of methoxy groups -OCH3 is 1. The van der Waals surface area contributed by atoms with Crippen molar-refractivity contribution < 1.29 is 61.9 Å². The van der Waals surface area contributed by atoms with Crippen molar-refractivity contribution in [2.45, 2.75) is 11.0 Å². The number of sulfonamides is 2. The standard InChI is InChI=1S/C8H16NO3.C2F6NO4S2/c1-9(7-8(10)11-2)3-5-12-6-4-9;3-1(4,5)14(10,11)9-15(12,13)2(6,7)8/h3-7H2,1-2H3;/q+1;-1. The molecule has 162 valence electrons. The number of hydrogen-bond acceptors (Lipinski definition) is 7. The highest BCUT2D eigenvalue weighted by Gasteiger charge is 2.46. The zero-order valence-electron chi connectivity index (χ0n) is 13.9. The third kappa shape index (κ3) is 8.16. The van der Waals surface area contributed by atoms with Gasteiger partial charge < -0.3 is 18.1 Å². The van der Waals surface area contributed by atoms with Crippen molar-refractivity contribution in [1.82, 2.24) is 0 Å². The number of rotatable bonds is 4. The quantitative estimate of drug-likeness (QED) is 0.349. The van der Waals surface area contributed by atoms with Crippen molar-refractivity contribution in [3.63, 3.8) is 0 Å². The molecule has 0 saturated carbocycles. The van der Waals surface area contributed by atoms with E-state index in [-0.39, 0.29) is 5.97 Å². The number of alkyl halides is 6. The maximum Gasteiger partial charge on any atom is 0.480 e. The molecule has 0 aromatic carbocycles. The van der Waals surface area contributed by atoms with E-state index in [1.54, 1.807) is 0 Å². The maximum absolute atomic E-state index is 11.4. The number of likely N-dealkylation sites (N-methyl/N-ethyl adjacent to an activating group) is 1. The summed E-state index contributed by atoms with van der Waals surface area (Å²) in [6.07, 6.45) is 0. The van der Waals surface area contributed by atoms with Gasteiger partial charge in [-0.15, -0.1) is 0 Å². The smallest absolute Gasteiger partial charge is 0.465 e. The Morgan fingerprint density at radius 2 is 1.37 bits per heavy atom. The number of carbonyl (C=O) groups excluding carboxylic acids is 1. The van der Waals surface area contributed by atoms with Crippen LogP contribution >= 0.6 is 0 Å². The van der Waals surface area contributed by atoms with E-state index in [4.69, 9.17) is 4.74 Å². The van der Waals surface area contributed by atoms with Gasteiger partial charge >= 0.3 is 17.0 Å². The number of quaternary nitrogens is 1. The molecule has 0 bridgehead atoms. The van der Waals surface area contributed by atoms with Crippen molar-refractivity contribution in [3.8, 4) is 0 Å². The first-order valence-corrected chi connectivity index (χ1v) is 9.60. The van der Waals surface area contributed by atoms with Crippen LogP contribution in [0.5, 0.6) is 0 Å². The molecular formula is C10H16F6N2O7S2. The van der Waals surface area contributed by atoms with Crippen LogP contribution < -0.4 is 0 Å². The summed E-state index contributed by atoms with van der Waals surface area (Å²) in [5.74, 6) is -0.139. The molecule has 17 heteroatoms. The summed E-state index contributed by atoms with van der Waals surface area (Å²) in [7, 11) is -9.96. The lowest BCUT2D eigenvalue weighted by molar-refractivity contribution is -0.910. The van der Waals surface area contributed by atoms with Gasteiger partial charge in [0.05, 0.1) is 27.4 Å². The molecule has 27 heavy (non-hydrogen) atoms. The highest BCUT2D eigenvalue weighted by atomic mass is 32.3. The first-order chi connectivity index (χ1) is 11.9. The van der Waals surface area contributed by atoms with Crippen molar-refractivity contribution in [2.24, 2.45) is 0 Å². The van der Waals surface area contributed by atoms with Crippen LogP contribution in [0.25, 0.3) is 4.13 Å². The van der Waals surface area contributed by atoms with E-state index >= 15 is 0 Å². The summed E-state index contributed by atoms with van der Waals surface area (Å²) in [6.45, 7) is 3.74. The first-order valence-electron chi connectivity index (χ1n) is 6.72. The molecule has 9 nitrogen and oxygen atoms in total. The third-order valence-corrected chi connectivity index (χ3v) is 5.81. The molecule has 0 N–H and O–H groups in total. The molecule has 1 heterocycles. The Labute approximate surface area is 150 Å². The van der Waals surface area contributed by atoms with E-state index in [0.717, 1.165) is 34.9 Å². The van der Waals surface area contributed by atoms with Crippen LogP contribution in [0.15, 0.2) is 0 Å². The maximum atomic E-state index is 11.4. The predicted octanol–water partition coefficient (Wildman–Crippen LogP) is 0.695. The summed E-state index contributed by atoms with van der Waals surface area (Å²) >= 11 is 0. The second-order valence-corrected chi connectivity index (χ2v) is 8.75. The van der Waals surface area contributed by atoms with Crippen LogP contribution in [0.4, 0.5) is 26.3 Å². The monoisotopic (exact) mass is 454 g/mol. The molecule has 1 saturated heterocycles. The van der Waals surface area contributed by atoms with Crippen LogP contribution in [-0.4, -0.2) is 85.3 Å². The van der Waals surface area contributed by atoms with E-state index in [1.807, 2.05) is 0 Å². The molecular weight excluding hydrogens is 438 g/mol. The highest BCUT2D eigenvalue weighted by Crippen LogP contribution is 2.36. The molecule has 0 aromatic rings. The second-order valence-electron chi connectivity index (χ2n) is 5.33. The van der Waals surface area contributed by atoms with Crippen molar-refractivity contribution >= 4 is 26.0 Å². The van der Waals surface area contributed by atoms with E-state index in [1.165, 1.54) is 7.11 Å². The van der Waals surface area contributed by atoms with Crippen molar-refractivity contribution in [1.29, 1.82) is 0 Å². The lowest BCUT2D eigenvalue weighted by Gasteiger charge is -2.36. The number of esters is 1. The fourth-order valence-corrected chi connectivity index (χ4v) is 3.24. The minimum atomic E-state index is -6.72. The number of morpholine rings is 1. The Morgan fingerprint density at radius 1 is 1.00 bits per heavy atom. The molecule has 0 atom stereocenters. The Balaban J connectivity index is 0.000000511. The molecule has 0 spiro atoms. The number of hydrogen-bond donors (Lipinski definition) is 0. The van der Waals surface area contributed by atoms with E-state index in [2.05, 4.69) is 11.8 Å². The van der Waals surface area contributed by atoms with Gasteiger partial charge in [0.15, 0.2) is 26.6 Å². The average molecular weight is 454 g/mol. The fraction of sp³-hybridized carbons (Fsp3) is 0.900. The summed E-state index contributed by atoms with van der Waals surface area (Å²) in [5.41, 5.74) is -12.4. The van der Waals surface area contributed by atoms with E-state index < -0.39 is 31.1 Å². The van der Waals surface area contributed by atoms with Gasteiger partial charge in [-0.25, -0.2) is 21.6 Å². The van der Waals surface area contributed by atoms with Gasteiger partial charge in [-0.2, -0.15) is 26.3 Å². The van der Waals surface area contributed by atoms with Crippen molar-refractivity contribution in [2.75, 3.05) is 47.0 Å². The van der Waals surface area contributed by atoms with Gasteiger partial charge in [-0.3, -0.25) is 0 Å². The highest BCUT2D eigenvalue weighted by molar-refractivity contribution is 8.13. The topological polar surface area (TPSA) is 118 Å². The van der Waals surface area contributed by atoms with Gasteiger partial charge in [0.2, 0.25) is 0 Å². The zero-order valence-corrected chi connectivity index (χ0v) is 15.5. The minimum absolute atomic E-state index is 0.139. The SMILES string of the molecule is COC(=O)C[N+]1(C)CCOCC1.O=S(=O)([N-]S(=O)(=O)C(F)(F)F)C(F)(F)F. The minimum Gasteiger partial charge on any atom is -0.465 e. The number of ether oxygens (including phenoxy) is 2. The van der Waals surface area contributed by atoms with Gasteiger partial charge in [0.25, 0.3) is 0 Å². The third-order valence-electron chi connectivity index (χ3n) is 3.07. The Kier molecular flexibility index (Phi) is 8.50. The predicted molar refractivity (Wildman–Crippen MR) is 76.9 cm³/mol. The van der Waals surface area contributed by atoms with Gasteiger partial charge in [-0.1, -0.05) is 0 Å². The number of nitrogens with zero attached hydrogens (tertiary/aromatic N) is 2. The normalized spacial score (nSPS) is 18.2. The first kappa shape index (κ1) is 25.8. The molecule has 1 aliphatic heterocycles. The van der Waals surface area contributed by atoms with Gasteiger partial charge in [-0.05, 0) is 0 Å². The summed E-state index contributed by atoms with van der Waals surface area (Å²) in [5, 5.41) is 0. The Hall–Kier alpha value is -1.17. The zero-order chi connectivity index (χ0) is 21.7. The molecule has 0 unspecified atom stereocenters. The molecule has 1 aliphatic rings. The largest absolute Gasteiger partial charge is 0.480 e. The summed E-state index contributed by atoms with van der Waals surface area (Å²) < 4.78 is 120. The lowest BCUT2D eigenvalue weighted by Crippen LogP contribution is -2.54. The average Bonchev–Trinajstić information content (AvgIpc) is 2.44. The van der Waals surface area contributed by atoms with E-state index in [0.29, 0.717) is 6.54 Å². The van der Waals surface area contributed by atoms with Crippen LogP contribution in [0.2, 0.25) is 0 Å². The van der Waals surface area contributed by atoms with Crippen molar-refractivity contribution in [3.05, 3.63) is 4.13 Å². The van der Waals surface area contributed by atoms with E-state index in [9.17, 15) is 48.0 Å². The summed E-state index contributed by atoms with van der Waals surface area (Å²) in [4.78, 5) is 11.0. The Bertz CT molecular complexity index is 669. The van der Waals surface area contributed by atoms with Crippen LogP contribution in [0.1, 0.15) is 0 Å². The van der Waals surface area contributed by atoms with Gasteiger partial charge in [0, 0.05) is 0 Å². The number of halogens is 6. The Morgan fingerprint density at radius 3 is 1.67 bits per heavy atom. The molecule has 1 rings (SSSR count). The molecule has 1 fully saturated rings. The van der Waals surface area contributed by atoms with Crippen LogP contribution in [-0.2, 0) is 34.3 Å².